The minimum Gasteiger partial charge on any atom is -0.496 e. The number of carbonyl (C=O) groups excluding carboxylic acids is 1. The van der Waals surface area contributed by atoms with Crippen LogP contribution in [0.2, 0.25) is 0 Å². The van der Waals surface area contributed by atoms with Crippen LogP contribution in [0.15, 0.2) is 24.3 Å². The van der Waals surface area contributed by atoms with E-state index in [-0.39, 0.29) is 18.6 Å². The van der Waals surface area contributed by atoms with Gasteiger partial charge in [-0.05, 0) is 19.1 Å². The third-order valence-electron chi connectivity index (χ3n) is 3.47. The summed E-state index contributed by atoms with van der Waals surface area (Å²) < 4.78 is 10.5. The van der Waals surface area contributed by atoms with Crippen LogP contribution in [0.4, 0.5) is 0 Å². The number of aliphatic hydroxyl groups excluding tert-OH is 2. The predicted octanol–water partition coefficient (Wildman–Crippen LogP) is -0.0659. The molecule has 1 aromatic carbocycles. The summed E-state index contributed by atoms with van der Waals surface area (Å²) in [4.78, 5) is 12.2. The molecule has 1 saturated heterocycles. The van der Waals surface area contributed by atoms with Gasteiger partial charge in [-0.1, -0.05) is 12.1 Å². The van der Waals surface area contributed by atoms with Crippen LogP contribution in [0.25, 0.3) is 0 Å². The lowest BCUT2D eigenvalue weighted by Gasteiger charge is -2.20. The number of rotatable bonds is 4. The molecular weight excluding hydrogens is 262 g/mol. The first-order valence-electron chi connectivity index (χ1n) is 6.46. The van der Waals surface area contributed by atoms with Crippen molar-refractivity contribution in [2.24, 2.45) is 0 Å². The van der Waals surface area contributed by atoms with Gasteiger partial charge in [0.1, 0.15) is 18.0 Å². The predicted molar refractivity (Wildman–Crippen MR) is 71.7 cm³/mol. The topological polar surface area (TPSA) is 88.0 Å². The Kier molecular flexibility index (Phi) is 4.59. The Hall–Kier alpha value is -1.63. The van der Waals surface area contributed by atoms with Gasteiger partial charge in [0.2, 0.25) is 0 Å². The van der Waals surface area contributed by atoms with Crippen LogP contribution < -0.4 is 10.1 Å². The average molecular weight is 281 g/mol. The molecule has 1 aliphatic rings. The van der Waals surface area contributed by atoms with Crippen molar-refractivity contribution < 1.29 is 24.5 Å². The molecule has 0 saturated carbocycles. The zero-order valence-electron chi connectivity index (χ0n) is 11.4. The third-order valence-corrected chi connectivity index (χ3v) is 3.47. The van der Waals surface area contributed by atoms with Crippen LogP contribution in [-0.4, -0.2) is 54.2 Å². The number of benzene rings is 1. The summed E-state index contributed by atoms with van der Waals surface area (Å²) in [5.41, 5.74) is 0.391. The first-order chi connectivity index (χ1) is 9.58. The summed E-state index contributed by atoms with van der Waals surface area (Å²) in [7, 11) is 1.49. The molecule has 6 heteroatoms. The second-order valence-electron chi connectivity index (χ2n) is 4.75. The lowest BCUT2D eigenvalue weighted by molar-refractivity contribution is -0.0170. The molecule has 110 valence electrons. The molecule has 1 amide bonds. The fourth-order valence-electron chi connectivity index (χ4n) is 2.36. The maximum Gasteiger partial charge on any atom is 0.255 e. The number of nitrogens with one attached hydrogen (secondary N) is 1. The summed E-state index contributed by atoms with van der Waals surface area (Å²) in [5.74, 6) is 0.116. The van der Waals surface area contributed by atoms with Gasteiger partial charge in [-0.3, -0.25) is 4.79 Å². The second-order valence-corrected chi connectivity index (χ2v) is 4.75. The molecule has 20 heavy (non-hydrogen) atoms. The number of hydrogen-bond donors (Lipinski definition) is 3. The SMILES string of the molecule is COc1ccccc1C(=O)NC1[C@H](C)O[C@H](CO)[C@@H]1O. The van der Waals surface area contributed by atoms with E-state index in [0.717, 1.165) is 0 Å². The minimum atomic E-state index is -0.936. The van der Waals surface area contributed by atoms with E-state index >= 15 is 0 Å². The van der Waals surface area contributed by atoms with E-state index in [9.17, 15) is 9.90 Å². The molecule has 1 fully saturated rings. The Morgan fingerprint density at radius 2 is 2.15 bits per heavy atom. The molecule has 6 nitrogen and oxygen atoms in total. The Morgan fingerprint density at radius 3 is 2.75 bits per heavy atom. The molecule has 0 radical (unpaired) electrons. The first-order valence-corrected chi connectivity index (χ1v) is 6.46. The molecular formula is C14H19NO5. The Bertz CT molecular complexity index is 478. The van der Waals surface area contributed by atoms with Gasteiger partial charge in [-0.25, -0.2) is 0 Å². The van der Waals surface area contributed by atoms with Gasteiger partial charge in [-0.2, -0.15) is 0 Å². The summed E-state index contributed by atoms with van der Waals surface area (Å²) in [6.45, 7) is 1.46. The van der Waals surface area contributed by atoms with Crippen LogP contribution in [-0.2, 0) is 4.74 Å². The molecule has 1 aromatic rings. The van der Waals surface area contributed by atoms with Gasteiger partial charge < -0.3 is 25.0 Å². The van der Waals surface area contributed by atoms with Gasteiger partial charge in [0, 0.05) is 0 Å². The normalized spacial score (nSPS) is 29.2. The van der Waals surface area contributed by atoms with Crippen LogP contribution in [0.1, 0.15) is 17.3 Å². The van der Waals surface area contributed by atoms with Gasteiger partial charge in [-0.15, -0.1) is 0 Å². The molecule has 3 N–H and O–H groups in total. The molecule has 4 atom stereocenters. The number of ether oxygens (including phenoxy) is 2. The zero-order valence-corrected chi connectivity index (χ0v) is 11.4. The highest BCUT2D eigenvalue weighted by Gasteiger charge is 2.41. The van der Waals surface area contributed by atoms with Gasteiger partial charge in [0.05, 0.1) is 31.4 Å². The first kappa shape index (κ1) is 14.8. The Labute approximate surface area is 117 Å². The van der Waals surface area contributed by atoms with E-state index in [1.807, 2.05) is 0 Å². The van der Waals surface area contributed by atoms with Crippen molar-refractivity contribution in [3.63, 3.8) is 0 Å². The molecule has 1 heterocycles. The maximum atomic E-state index is 12.2. The largest absolute Gasteiger partial charge is 0.496 e. The smallest absolute Gasteiger partial charge is 0.255 e. The standard InChI is InChI=1S/C14H19NO5/c1-8-12(13(17)11(7-16)20-8)15-14(18)9-5-3-4-6-10(9)19-2/h3-6,8,11-13,16-17H,7H2,1-2H3,(H,15,18)/t8-,11+,12?,13-/m0/s1. The summed E-state index contributed by atoms with van der Waals surface area (Å²) >= 11 is 0. The number of hydrogen-bond acceptors (Lipinski definition) is 5. The fraction of sp³-hybridized carbons (Fsp3) is 0.500. The zero-order chi connectivity index (χ0) is 14.7. The van der Waals surface area contributed by atoms with E-state index in [1.165, 1.54) is 7.11 Å². The van der Waals surface area contributed by atoms with Crippen LogP contribution in [0.3, 0.4) is 0 Å². The quantitative estimate of drug-likeness (QED) is 0.719. The summed E-state index contributed by atoms with van der Waals surface area (Å²) in [6.07, 6.45) is -1.98. The lowest BCUT2D eigenvalue weighted by atomic mass is 10.0. The van der Waals surface area contributed by atoms with Crippen LogP contribution in [0, 0.1) is 0 Å². The van der Waals surface area contributed by atoms with Crippen molar-refractivity contribution in [3.8, 4) is 5.75 Å². The van der Waals surface area contributed by atoms with Crippen molar-refractivity contribution in [2.75, 3.05) is 13.7 Å². The molecule has 2 rings (SSSR count). The number of amides is 1. The minimum absolute atomic E-state index is 0.285. The molecule has 0 bridgehead atoms. The summed E-state index contributed by atoms with van der Waals surface area (Å²) in [6, 6.07) is 6.28. The van der Waals surface area contributed by atoms with E-state index in [4.69, 9.17) is 14.6 Å². The molecule has 0 aliphatic carbocycles. The Balaban J connectivity index is 2.12. The van der Waals surface area contributed by atoms with Crippen molar-refractivity contribution in [3.05, 3.63) is 29.8 Å². The highest BCUT2D eigenvalue weighted by atomic mass is 16.5. The van der Waals surface area contributed by atoms with Crippen molar-refractivity contribution in [2.45, 2.75) is 31.3 Å². The number of methoxy groups -OCH3 is 1. The number of aliphatic hydroxyl groups is 2. The summed E-state index contributed by atoms with van der Waals surface area (Å²) in [5, 5.41) is 21.8. The average Bonchev–Trinajstić information content (AvgIpc) is 2.74. The van der Waals surface area contributed by atoms with Crippen LogP contribution in [0.5, 0.6) is 5.75 Å². The van der Waals surface area contributed by atoms with Crippen molar-refractivity contribution in [1.82, 2.24) is 5.32 Å². The van der Waals surface area contributed by atoms with Gasteiger partial charge >= 0.3 is 0 Å². The molecule has 1 aliphatic heterocycles. The highest BCUT2D eigenvalue weighted by molar-refractivity contribution is 5.97. The van der Waals surface area contributed by atoms with E-state index in [0.29, 0.717) is 11.3 Å². The van der Waals surface area contributed by atoms with Crippen molar-refractivity contribution in [1.29, 1.82) is 0 Å². The second kappa shape index (κ2) is 6.21. The van der Waals surface area contributed by atoms with E-state index < -0.39 is 18.2 Å². The lowest BCUT2D eigenvalue weighted by Crippen LogP contribution is -2.47. The monoisotopic (exact) mass is 281 g/mol. The van der Waals surface area contributed by atoms with Crippen molar-refractivity contribution >= 4 is 5.91 Å². The molecule has 0 spiro atoms. The third kappa shape index (κ3) is 2.77. The van der Waals surface area contributed by atoms with E-state index in [1.54, 1.807) is 31.2 Å². The fourth-order valence-corrected chi connectivity index (χ4v) is 2.36. The van der Waals surface area contributed by atoms with E-state index in [2.05, 4.69) is 5.32 Å². The molecule has 0 aromatic heterocycles. The van der Waals surface area contributed by atoms with Gasteiger partial charge in [0.25, 0.3) is 5.91 Å². The number of para-hydroxylation sites is 1. The van der Waals surface area contributed by atoms with Gasteiger partial charge in [0.15, 0.2) is 0 Å². The van der Waals surface area contributed by atoms with Crippen LogP contribution >= 0.6 is 0 Å². The number of carbonyl (C=O) groups is 1. The highest BCUT2D eigenvalue weighted by Crippen LogP contribution is 2.22. The Morgan fingerprint density at radius 1 is 1.45 bits per heavy atom. The molecule has 1 unspecified atom stereocenters. The maximum absolute atomic E-state index is 12.2.